The number of rotatable bonds is 8. The Balaban J connectivity index is 1.82. The van der Waals surface area contributed by atoms with Crippen molar-refractivity contribution in [3.05, 3.63) is 11.6 Å². The molecule has 1 fully saturated rings. The Morgan fingerprint density at radius 2 is 2.36 bits per heavy atom. The zero-order valence-electron chi connectivity index (χ0n) is 12.7. The van der Waals surface area contributed by atoms with Gasteiger partial charge in [-0.2, -0.15) is 0 Å². The Hall–Kier alpha value is -1.51. The Kier molecular flexibility index (Phi) is 6.75. The maximum atomic E-state index is 12.5. The van der Waals surface area contributed by atoms with Crippen molar-refractivity contribution in [2.24, 2.45) is 0 Å². The minimum atomic E-state index is -0.507. The molecule has 1 atom stereocenters. The highest BCUT2D eigenvalue weighted by Gasteiger charge is 2.23. The number of aromatic nitrogens is 1. The number of anilines is 1. The lowest BCUT2D eigenvalue weighted by molar-refractivity contribution is -0.123. The number of carbonyl (C=O) groups is 2. The number of morpholine rings is 1. The van der Waals surface area contributed by atoms with Crippen molar-refractivity contribution in [3.8, 4) is 0 Å². The molecule has 1 aromatic heterocycles. The summed E-state index contributed by atoms with van der Waals surface area (Å²) in [6, 6.07) is -0.507. The summed E-state index contributed by atoms with van der Waals surface area (Å²) in [5, 5.41) is 5.08. The maximum absolute atomic E-state index is 12.5. The van der Waals surface area contributed by atoms with Crippen molar-refractivity contribution in [3.63, 3.8) is 0 Å². The molecule has 122 valence electrons. The Morgan fingerprint density at radius 3 is 3.00 bits per heavy atom. The number of thiazole rings is 1. The zero-order valence-corrected chi connectivity index (χ0v) is 13.6. The van der Waals surface area contributed by atoms with Crippen LogP contribution in [0, 0.1) is 0 Å². The summed E-state index contributed by atoms with van der Waals surface area (Å²) in [4.78, 5) is 31.2. The predicted molar refractivity (Wildman–Crippen MR) is 85.0 cm³/mol. The van der Waals surface area contributed by atoms with Gasteiger partial charge in [0.05, 0.1) is 13.2 Å². The van der Waals surface area contributed by atoms with Crippen LogP contribution in [0.5, 0.6) is 0 Å². The van der Waals surface area contributed by atoms with Gasteiger partial charge in [0.25, 0.3) is 5.91 Å². The minimum absolute atomic E-state index is 0.135. The van der Waals surface area contributed by atoms with Gasteiger partial charge in [-0.1, -0.05) is 0 Å². The van der Waals surface area contributed by atoms with Gasteiger partial charge < -0.3 is 10.1 Å². The van der Waals surface area contributed by atoms with E-state index in [9.17, 15) is 9.59 Å². The van der Waals surface area contributed by atoms with Crippen LogP contribution in [-0.4, -0.2) is 68.1 Å². The van der Waals surface area contributed by atoms with Gasteiger partial charge in [0, 0.05) is 31.7 Å². The highest BCUT2D eigenvalue weighted by molar-refractivity contribution is 7.13. The van der Waals surface area contributed by atoms with Crippen molar-refractivity contribution < 1.29 is 14.3 Å². The summed E-state index contributed by atoms with van der Waals surface area (Å²) in [6.07, 6.45) is 3.71. The second-order valence-corrected chi connectivity index (χ2v) is 6.02. The quantitative estimate of drug-likeness (QED) is 0.697. The molecule has 0 radical (unpaired) electrons. The van der Waals surface area contributed by atoms with Gasteiger partial charge in [-0.3, -0.25) is 19.4 Å². The van der Waals surface area contributed by atoms with Crippen molar-refractivity contribution in [2.45, 2.75) is 18.9 Å². The Labute approximate surface area is 134 Å². The van der Waals surface area contributed by atoms with Gasteiger partial charge in [-0.15, -0.1) is 11.3 Å². The van der Waals surface area contributed by atoms with Gasteiger partial charge >= 0.3 is 0 Å². The summed E-state index contributed by atoms with van der Waals surface area (Å²) in [5.74, 6) is -0.135. The van der Waals surface area contributed by atoms with Crippen LogP contribution in [0.4, 0.5) is 5.13 Å². The number of ether oxygens (including phenoxy) is 1. The van der Waals surface area contributed by atoms with Crippen LogP contribution in [0.3, 0.4) is 0 Å². The number of carbonyl (C=O) groups excluding carboxylic acids is 2. The van der Waals surface area contributed by atoms with Crippen molar-refractivity contribution in [1.82, 2.24) is 15.2 Å². The fourth-order valence-corrected chi connectivity index (χ4v) is 3.03. The van der Waals surface area contributed by atoms with E-state index in [0.29, 0.717) is 18.0 Å². The highest BCUT2D eigenvalue weighted by atomic mass is 32.1. The molecule has 2 amide bonds. The van der Waals surface area contributed by atoms with E-state index >= 15 is 0 Å². The molecule has 1 aliphatic heterocycles. The van der Waals surface area contributed by atoms with Crippen molar-refractivity contribution in [2.75, 3.05) is 44.8 Å². The molecule has 7 nitrogen and oxygen atoms in total. The van der Waals surface area contributed by atoms with Crippen LogP contribution in [0.15, 0.2) is 11.6 Å². The molecule has 0 aromatic carbocycles. The van der Waals surface area contributed by atoms with E-state index in [2.05, 4.69) is 15.2 Å². The third-order valence-electron chi connectivity index (χ3n) is 3.67. The number of hydrogen-bond acceptors (Lipinski definition) is 6. The molecule has 1 aliphatic rings. The lowest BCUT2D eigenvalue weighted by Crippen LogP contribution is -2.45. The molecule has 0 spiro atoms. The van der Waals surface area contributed by atoms with Gasteiger partial charge in [-0.25, -0.2) is 4.98 Å². The monoisotopic (exact) mass is 326 g/mol. The molecule has 1 saturated heterocycles. The van der Waals surface area contributed by atoms with Crippen LogP contribution in [0.1, 0.15) is 12.8 Å². The zero-order chi connectivity index (χ0) is 15.8. The fourth-order valence-electron chi connectivity index (χ4n) is 2.41. The van der Waals surface area contributed by atoms with Gasteiger partial charge in [0.15, 0.2) is 5.13 Å². The van der Waals surface area contributed by atoms with Gasteiger partial charge in [0.1, 0.15) is 6.04 Å². The van der Waals surface area contributed by atoms with Crippen LogP contribution in [-0.2, 0) is 14.3 Å². The van der Waals surface area contributed by atoms with Crippen molar-refractivity contribution >= 4 is 28.8 Å². The van der Waals surface area contributed by atoms with E-state index < -0.39 is 6.04 Å². The molecule has 0 aliphatic carbocycles. The molecule has 2 heterocycles. The summed E-state index contributed by atoms with van der Waals surface area (Å²) < 4.78 is 5.31. The third kappa shape index (κ3) is 4.75. The summed E-state index contributed by atoms with van der Waals surface area (Å²) in [6.45, 7) is 4.30. The molecule has 1 unspecified atom stereocenters. The second kappa shape index (κ2) is 8.82. The SMILES string of the molecule is CN(C(=O)C(CCCN1CCOCC1)NC=O)c1nccs1. The lowest BCUT2D eigenvalue weighted by atomic mass is 10.1. The largest absolute Gasteiger partial charge is 0.379 e. The summed E-state index contributed by atoms with van der Waals surface area (Å²) in [7, 11) is 1.68. The maximum Gasteiger partial charge on any atom is 0.251 e. The van der Waals surface area contributed by atoms with E-state index in [4.69, 9.17) is 4.74 Å². The lowest BCUT2D eigenvalue weighted by Gasteiger charge is -2.27. The molecule has 0 bridgehead atoms. The molecule has 1 N–H and O–H groups in total. The third-order valence-corrected chi connectivity index (χ3v) is 4.52. The van der Waals surface area contributed by atoms with Crippen molar-refractivity contribution in [1.29, 1.82) is 0 Å². The summed E-state index contributed by atoms with van der Waals surface area (Å²) >= 11 is 1.40. The molecular weight excluding hydrogens is 304 g/mol. The summed E-state index contributed by atoms with van der Waals surface area (Å²) in [5.41, 5.74) is 0. The minimum Gasteiger partial charge on any atom is -0.379 e. The number of hydrogen-bond donors (Lipinski definition) is 1. The number of nitrogens with one attached hydrogen (secondary N) is 1. The molecular formula is C14H22N4O3S. The first kappa shape index (κ1) is 16.9. The average molecular weight is 326 g/mol. The molecule has 2 rings (SSSR count). The van der Waals surface area contributed by atoms with Gasteiger partial charge in [-0.05, 0) is 19.4 Å². The molecule has 0 saturated carbocycles. The average Bonchev–Trinajstić information content (AvgIpc) is 3.08. The number of amides is 2. The molecule has 1 aromatic rings. The van der Waals surface area contributed by atoms with E-state index in [-0.39, 0.29) is 5.91 Å². The number of likely N-dealkylation sites (N-methyl/N-ethyl adjacent to an activating group) is 1. The standard InChI is InChI=1S/C14H22N4O3S/c1-17(14-15-4-10-22-14)13(20)12(16-11-19)3-2-5-18-6-8-21-9-7-18/h4,10-12H,2-3,5-9H2,1H3,(H,16,19). The van der Waals surface area contributed by atoms with Crippen LogP contribution in [0.25, 0.3) is 0 Å². The van der Waals surface area contributed by atoms with E-state index in [1.165, 1.54) is 16.2 Å². The number of nitrogens with zero attached hydrogens (tertiary/aromatic N) is 3. The molecule has 22 heavy (non-hydrogen) atoms. The molecule has 8 heteroatoms. The van der Waals surface area contributed by atoms with Crippen LogP contribution in [0.2, 0.25) is 0 Å². The smallest absolute Gasteiger partial charge is 0.251 e. The Bertz CT molecular complexity index is 463. The first-order valence-electron chi connectivity index (χ1n) is 7.39. The van der Waals surface area contributed by atoms with E-state index in [0.717, 1.165) is 39.3 Å². The van der Waals surface area contributed by atoms with E-state index in [1.807, 2.05) is 5.38 Å². The normalized spacial score (nSPS) is 17.0. The first-order chi connectivity index (χ1) is 10.7. The van der Waals surface area contributed by atoms with Crippen LogP contribution >= 0.6 is 11.3 Å². The first-order valence-corrected chi connectivity index (χ1v) is 8.27. The Morgan fingerprint density at radius 1 is 1.59 bits per heavy atom. The van der Waals surface area contributed by atoms with Gasteiger partial charge in [0.2, 0.25) is 6.41 Å². The predicted octanol–water partition coefficient (Wildman–Crippen LogP) is 0.333. The van der Waals surface area contributed by atoms with E-state index in [1.54, 1.807) is 13.2 Å². The van der Waals surface area contributed by atoms with Crippen LogP contribution < -0.4 is 10.2 Å². The fraction of sp³-hybridized carbons (Fsp3) is 0.643. The topological polar surface area (TPSA) is 74.8 Å². The second-order valence-electron chi connectivity index (χ2n) is 5.15. The highest BCUT2D eigenvalue weighted by Crippen LogP contribution is 2.17.